The maximum atomic E-state index is 12.8. The molecule has 130 valence electrons. The molecule has 0 aliphatic carbocycles. The Balaban J connectivity index is 1.73. The Morgan fingerprint density at radius 2 is 2.12 bits per heavy atom. The fraction of sp³-hybridized carbons (Fsp3) is 0.556. The van der Waals surface area contributed by atoms with Crippen molar-refractivity contribution in [1.29, 1.82) is 0 Å². The first-order chi connectivity index (χ1) is 11.8. The summed E-state index contributed by atoms with van der Waals surface area (Å²) in [6.07, 6.45) is 2.25. The SMILES string of the molecule is [B]c1ccc2c(c1)C1(CC(C3CCOC(C)(C)C3)O2)NC(=S)NC1=O. The van der Waals surface area contributed by atoms with Gasteiger partial charge in [0.25, 0.3) is 5.91 Å². The summed E-state index contributed by atoms with van der Waals surface area (Å²) in [6, 6.07) is 5.45. The lowest BCUT2D eigenvalue weighted by Crippen LogP contribution is -2.53. The van der Waals surface area contributed by atoms with Gasteiger partial charge in [-0.2, -0.15) is 0 Å². The van der Waals surface area contributed by atoms with Gasteiger partial charge in [0.1, 0.15) is 19.7 Å². The van der Waals surface area contributed by atoms with Crippen molar-refractivity contribution in [3.63, 3.8) is 0 Å². The molecule has 1 spiro atoms. The summed E-state index contributed by atoms with van der Waals surface area (Å²) in [5, 5.41) is 6.29. The van der Waals surface area contributed by atoms with E-state index in [1.807, 2.05) is 6.07 Å². The highest BCUT2D eigenvalue weighted by Crippen LogP contribution is 2.45. The number of carbonyl (C=O) groups is 1. The number of hydrogen-bond donors (Lipinski definition) is 2. The lowest BCUT2D eigenvalue weighted by atomic mass is 9.74. The number of thiocarbonyl (C=S) groups is 1. The molecule has 2 N–H and O–H groups in total. The minimum absolute atomic E-state index is 0.0848. The first kappa shape index (κ1) is 16.9. The topological polar surface area (TPSA) is 59.6 Å². The van der Waals surface area contributed by atoms with Gasteiger partial charge in [-0.25, -0.2) is 0 Å². The number of hydrogen-bond acceptors (Lipinski definition) is 4. The van der Waals surface area contributed by atoms with Crippen molar-refractivity contribution in [2.24, 2.45) is 5.92 Å². The quantitative estimate of drug-likeness (QED) is 0.582. The van der Waals surface area contributed by atoms with Gasteiger partial charge >= 0.3 is 0 Å². The van der Waals surface area contributed by atoms with Crippen LogP contribution in [0, 0.1) is 5.92 Å². The van der Waals surface area contributed by atoms with E-state index in [-0.39, 0.29) is 17.6 Å². The first-order valence-corrected chi connectivity index (χ1v) is 9.04. The molecule has 1 amide bonds. The summed E-state index contributed by atoms with van der Waals surface area (Å²) < 4.78 is 12.2. The minimum Gasteiger partial charge on any atom is -0.490 e. The van der Waals surface area contributed by atoms with E-state index in [0.717, 1.165) is 18.4 Å². The average Bonchev–Trinajstić information content (AvgIpc) is 2.81. The summed E-state index contributed by atoms with van der Waals surface area (Å²) in [6.45, 7) is 4.90. The summed E-state index contributed by atoms with van der Waals surface area (Å²) in [5.74, 6) is 0.876. The average molecular weight is 356 g/mol. The molecule has 0 bridgehead atoms. The Hall–Kier alpha value is -1.60. The molecule has 0 saturated carbocycles. The number of carbonyl (C=O) groups excluding carboxylic acids is 1. The van der Waals surface area contributed by atoms with E-state index in [9.17, 15) is 4.79 Å². The molecule has 2 saturated heterocycles. The largest absolute Gasteiger partial charge is 0.490 e. The molecule has 4 rings (SSSR count). The lowest BCUT2D eigenvalue weighted by Gasteiger charge is -2.44. The number of fused-ring (bicyclic) bond motifs is 2. The highest BCUT2D eigenvalue weighted by molar-refractivity contribution is 7.80. The second-order valence-corrected chi connectivity index (χ2v) is 8.20. The third-order valence-electron chi connectivity index (χ3n) is 5.45. The molecule has 3 heterocycles. The van der Waals surface area contributed by atoms with Crippen molar-refractivity contribution in [2.75, 3.05) is 6.61 Å². The molecule has 2 radical (unpaired) electrons. The molecule has 2 fully saturated rings. The van der Waals surface area contributed by atoms with Gasteiger partial charge in [-0.05, 0) is 45.0 Å². The van der Waals surface area contributed by atoms with E-state index in [4.69, 9.17) is 29.5 Å². The van der Waals surface area contributed by atoms with E-state index in [1.54, 1.807) is 12.1 Å². The van der Waals surface area contributed by atoms with Crippen molar-refractivity contribution >= 4 is 36.5 Å². The zero-order valence-electron chi connectivity index (χ0n) is 14.4. The number of rotatable bonds is 1. The zero-order valence-corrected chi connectivity index (χ0v) is 15.2. The van der Waals surface area contributed by atoms with Gasteiger partial charge in [-0.3, -0.25) is 4.79 Å². The monoisotopic (exact) mass is 356 g/mol. The molecule has 25 heavy (non-hydrogen) atoms. The highest BCUT2D eigenvalue weighted by Gasteiger charge is 2.53. The van der Waals surface area contributed by atoms with Gasteiger partial charge < -0.3 is 20.1 Å². The zero-order chi connectivity index (χ0) is 17.8. The summed E-state index contributed by atoms with van der Waals surface area (Å²) >= 11 is 5.21. The number of nitrogens with one attached hydrogen (secondary N) is 2. The van der Waals surface area contributed by atoms with Crippen LogP contribution in [0.25, 0.3) is 0 Å². The van der Waals surface area contributed by atoms with E-state index < -0.39 is 5.54 Å². The number of amides is 1. The molecular formula is C18H21BN2O3S. The van der Waals surface area contributed by atoms with Crippen LogP contribution in [-0.2, 0) is 15.1 Å². The Morgan fingerprint density at radius 1 is 1.32 bits per heavy atom. The van der Waals surface area contributed by atoms with Crippen LogP contribution < -0.4 is 20.8 Å². The van der Waals surface area contributed by atoms with Gasteiger partial charge in [-0.15, -0.1) is 0 Å². The van der Waals surface area contributed by atoms with Gasteiger partial charge in [0.2, 0.25) is 0 Å². The van der Waals surface area contributed by atoms with Gasteiger partial charge in [0.15, 0.2) is 10.7 Å². The van der Waals surface area contributed by atoms with Crippen LogP contribution in [-0.4, -0.2) is 37.2 Å². The Labute approximate surface area is 154 Å². The maximum absolute atomic E-state index is 12.8. The Bertz CT molecular complexity index is 754. The molecule has 1 aromatic carbocycles. The molecule has 5 nitrogen and oxygen atoms in total. The highest BCUT2D eigenvalue weighted by atomic mass is 32.1. The lowest BCUT2D eigenvalue weighted by molar-refractivity contribution is -0.128. The predicted molar refractivity (Wildman–Crippen MR) is 99.2 cm³/mol. The van der Waals surface area contributed by atoms with Crippen molar-refractivity contribution in [3.8, 4) is 5.75 Å². The minimum atomic E-state index is -0.910. The third kappa shape index (κ3) is 2.83. The van der Waals surface area contributed by atoms with Crippen LogP contribution in [0.4, 0.5) is 0 Å². The van der Waals surface area contributed by atoms with Crippen molar-refractivity contribution in [3.05, 3.63) is 23.8 Å². The molecule has 3 atom stereocenters. The summed E-state index contributed by atoms with van der Waals surface area (Å²) in [4.78, 5) is 12.8. The van der Waals surface area contributed by atoms with Gasteiger partial charge in [-0.1, -0.05) is 17.6 Å². The van der Waals surface area contributed by atoms with Crippen LogP contribution in [0.1, 0.15) is 38.7 Å². The number of benzene rings is 1. The van der Waals surface area contributed by atoms with Gasteiger partial charge in [0.05, 0.1) is 5.60 Å². The van der Waals surface area contributed by atoms with Gasteiger partial charge in [0, 0.05) is 24.5 Å². The van der Waals surface area contributed by atoms with Crippen LogP contribution >= 0.6 is 12.2 Å². The standard InChI is InChI=1S/C18H21BN2O3S/c1-17(2)8-10(5-6-23-17)14-9-18(15(22)20-16(25)21-18)12-7-11(19)3-4-13(12)24-14/h3-4,7,10,14H,5-6,8-9H2,1-2H3,(H2,20,21,22,25). The maximum Gasteiger partial charge on any atom is 0.256 e. The van der Waals surface area contributed by atoms with Crippen molar-refractivity contribution in [1.82, 2.24) is 10.6 Å². The van der Waals surface area contributed by atoms with E-state index in [2.05, 4.69) is 24.5 Å². The van der Waals surface area contributed by atoms with Crippen LogP contribution in [0.2, 0.25) is 0 Å². The van der Waals surface area contributed by atoms with E-state index in [0.29, 0.717) is 35.3 Å². The van der Waals surface area contributed by atoms with Crippen molar-refractivity contribution < 1.29 is 14.3 Å². The Morgan fingerprint density at radius 3 is 2.80 bits per heavy atom. The molecule has 1 aromatic rings. The Kier molecular flexibility index (Phi) is 3.85. The van der Waals surface area contributed by atoms with Crippen LogP contribution in [0.15, 0.2) is 18.2 Å². The smallest absolute Gasteiger partial charge is 0.256 e. The number of ether oxygens (including phenoxy) is 2. The molecular weight excluding hydrogens is 335 g/mol. The molecule has 0 aromatic heterocycles. The fourth-order valence-electron chi connectivity index (χ4n) is 4.28. The van der Waals surface area contributed by atoms with E-state index in [1.165, 1.54) is 0 Å². The summed E-state index contributed by atoms with van der Waals surface area (Å²) in [5.41, 5.74) is 0.265. The predicted octanol–water partition coefficient (Wildman–Crippen LogP) is 1.04. The molecule has 3 aliphatic rings. The molecule has 3 unspecified atom stereocenters. The van der Waals surface area contributed by atoms with Crippen LogP contribution in [0.3, 0.4) is 0 Å². The van der Waals surface area contributed by atoms with E-state index >= 15 is 0 Å². The second kappa shape index (κ2) is 5.71. The third-order valence-corrected chi connectivity index (χ3v) is 5.66. The fourth-order valence-corrected chi connectivity index (χ4v) is 4.55. The van der Waals surface area contributed by atoms with Crippen molar-refractivity contribution in [2.45, 2.75) is 50.4 Å². The molecule has 7 heteroatoms. The normalized spacial score (nSPS) is 33.4. The van der Waals surface area contributed by atoms with Crippen LogP contribution in [0.5, 0.6) is 5.75 Å². The second-order valence-electron chi connectivity index (χ2n) is 7.79. The first-order valence-electron chi connectivity index (χ1n) is 8.63. The summed E-state index contributed by atoms with van der Waals surface area (Å²) in [7, 11) is 5.96. The molecule has 3 aliphatic heterocycles.